The van der Waals surface area contributed by atoms with Crippen LogP contribution in [0.25, 0.3) is 0 Å². The Morgan fingerprint density at radius 2 is 2.31 bits per heavy atom. The summed E-state index contributed by atoms with van der Waals surface area (Å²) < 4.78 is 1.91. The number of hydrogen-bond donors (Lipinski definition) is 0. The Balaban J connectivity index is 2.29. The number of nitrogens with zero attached hydrogens (tertiary/aromatic N) is 2. The number of pyridine rings is 1. The Bertz CT molecular complexity index is 313. The lowest BCUT2D eigenvalue weighted by Gasteiger charge is -2.15. The minimum atomic E-state index is 0.782. The van der Waals surface area contributed by atoms with Gasteiger partial charge in [0.25, 0.3) is 0 Å². The highest BCUT2D eigenvalue weighted by Gasteiger charge is 2.17. The minimum absolute atomic E-state index is 0.782. The van der Waals surface area contributed by atoms with Crippen LogP contribution >= 0.6 is 31.9 Å². The first-order valence-corrected chi connectivity index (χ1v) is 5.57. The van der Waals surface area contributed by atoms with Gasteiger partial charge in [-0.15, -0.1) is 0 Å². The number of anilines is 1. The van der Waals surface area contributed by atoms with Crippen LogP contribution in [0.15, 0.2) is 21.2 Å². The highest BCUT2D eigenvalue weighted by atomic mass is 79.9. The summed E-state index contributed by atoms with van der Waals surface area (Å²) in [6.07, 6.45) is 2.83. The van der Waals surface area contributed by atoms with E-state index in [1.54, 1.807) is 6.20 Å². The molecule has 3 nitrogen and oxygen atoms in total. The quantitative estimate of drug-likeness (QED) is 0.798. The van der Waals surface area contributed by atoms with Crippen LogP contribution in [-0.2, 0) is 4.84 Å². The molecule has 1 saturated heterocycles. The molecule has 1 aromatic rings. The second-order valence-electron chi connectivity index (χ2n) is 2.75. The SMILES string of the molecule is Brc1cnc(N2CCCO2)c(Br)c1. The van der Waals surface area contributed by atoms with Crippen molar-refractivity contribution >= 4 is 37.7 Å². The van der Waals surface area contributed by atoms with Gasteiger partial charge in [0.05, 0.1) is 11.1 Å². The van der Waals surface area contributed by atoms with E-state index in [4.69, 9.17) is 4.84 Å². The van der Waals surface area contributed by atoms with Crippen LogP contribution in [0.4, 0.5) is 5.82 Å². The van der Waals surface area contributed by atoms with Crippen molar-refractivity contribution in [3.05, 3.63) is 21.2 Å². The van der Waals surface area contributed by atoms with Gasteiger partial charge in [0.2, 0.25) is 0 Å². The summed E-state index contributed by atoms with van der Waals surface area (Å²) >= 11 is 6.80. The molecule has 1 aliphatic rings. The second kappa shape index (κ2) is 3.94. The molecule has 0 aromatic carbocycles. The van der Waals surface area contributed by atoms with Gasteiger partial charge in [0, 0.05) is 17.2 Å². The predicted octanol–water partition coefficient (Wildman–Crippen LogP) is 2.75. The fourth-order valence-electron chi connectivity index (χ4n) is 1.21. The largest absolute Gasteiger partial charge is 0.272 e. The fourth-order valence-corrected chi connectivity index (χ4v) is 2.39. The van der Waals surface area contributed by atoms with E-state index in [1.807, 2.05) is 11.1 Å². The zero-order valence-corrected chi connectivity index (χ0v) is 10.0. The molecule has 0 bridgehead atoms. The van der Waals surface area contributed by atoms with Crippen LogP contribution in [0.2, 0.25) is 0 Å². The normalized spacial score (nSPS) is 16.6. The first-order chi connectivity index (χ1) is 6.27. The van der Waals surface area contributed by atoms with Crippen LogP contribution in [0.3, 0.4) is 0 Å². The van der Waals surface area contributed by atoms with Crippen molar-refractivity contribution in [1.82, 2.24) is 4.98 Å². The number of rotatable bonds is 1. The molecule has 13 heavy (non-hydrogen) atoms. The minimum Gasteiger partial charge on any atom is -0.272 e. The average molecular weight is 308 g/mol. The predicted molar refractivity (Wildman–Crippen MR) is 57.6 cm³/mol. The monoisotopic (exact) mass is 306 g/mol. The molecule has 1 aliphatic heterocycles. The zero-order valence-electron chi connectivity index (χ0n) is 6.83. The third-order valence-corrected chi connectivity index (χ3v) is 2.79. The maximum atomic E-state index is 5.39. The molecular formula is C8H8Br2N2O. The standard InChI is InChI=1S/C8H8Br2N2O/c9-6-4-7(10)8(11-5-6)12-2-1-3-13-12/h4-5H,1-3H2. The highest BCUT2D eigenvalue weighted by molar-refractivity contribution is 9.11. The van der Waals surface area contributed by atoms with E-state index in [0.29, 0.717) is 0 Å². The molecule has 2 heterocycles. The molecule has 1 aromatic heterocycles. The van der Waals surface area contributed by atoms with Crippen LogP contribution < -0.4 is 5.06 Å². The Morgan fingerprint density at radius 3 is 2.92 bits per heavy atom. The smallest absolute Gasteiger partial charge is 0.166 e. The van der Waals surface area contributed by atoms with Gasteiger partial charge in [0.15, 0.2) is 5.82 Å². The van der Waals surface area contributed by atoms with Crippen molar-refractivity contribution in [2.45, 2.75) is 6.42 Å². The van der Waals surface area contributed by atoms with Crippen LogP contribution in [0.5, 0.6) is 0 Å². The van der Waals surface area contributed by atoms with Gasteiger partial charge in [0.1, 0.15) is 0 Å². The molecule has 0 spiro atoms. The van der Waals surface area contributed by atoms with Gasteiger partial charge in [-0.25, -0.2) is 10.0 Å². The average Bonchev–Trinajstić information content (AvgIpc) is 2.56. The Labute approximate surface area is 93.3 Å². The molecule has 0 aliphatic carbocycles. The van der Waals surface area contributed by atoms with Crippen molar-refractivity contribution < 1.29 is 4.84 Å². The number of aromatic nitrogens is 1. The second-order valence-corrected chi connectivity index (χ2v) is 4.52. The molecule has 0 unspecified atom stereocenters. The summed E-state index contributed by atoms with van der Waals surface area (Å²) in [4.78, 5) is 9.65. The van der Waals surface area contributed by atoms with Crippen molar-refractivity contribution in [3.63, 3.8) is 0 Å². The lowest BCUT2D eigenvalue weighted by molar-refractivity contribution is 0.166. The third kappa shape index (κ3) is 2.03. The van der Waals surface area contributed by atoms with Gasteiger partial charge in [-0.05, 0) is 44.3 Å². The molecular weight excluding hydrogens is 300 g/mol. The van der Waals surface area contributed by atoms with E-state index in [1.165, 1.54) is 0 Å². The Kier molecular flexibility index (Phi) is 2.86. The maximum Gasteiger partial charge on any atom is 0.166 e. The number of halogens is 2. The van der Waals surface area contributed by atoms with E-state index in [2.05, 4.69) is 36.8 Å². The molecule has 0 N–H and O–H groups in total. The van der Waals surface area contributed by atoms with Gasteiger partial charge >= 0.3 is 0 Å². The molecule has 0 atom stereocenters. The first-order valence-electron chi connectivity index (χ1n) is 3.99. The molecule has 70 valence electrons. The Hall–Kier alpha value is -0.130. The molecule has 1 fully saturated rings. The van der Waals surface area contributed by atoms with Crippen LogP contribution in [-0.4, -0.2) is 18.1 Å². The van der Waals surface area contributed by atoms with Crippen molar-refractivity contribution in [3.8, 4) is 0 Å². The topological polar surface area (TPSA) is 25.4 Å². The summed E-state index contributed by atoms with van der Waals surface area (Å²) in [5, 5.41) is 1.82. The number of hydroxylamine groups is 1. The zero-order chi connectivity index (χ0) is 9.26. The van der Waals surface area contributed by atoms with Crippen LogP contribution in [0, 0.1) is 0 Å². The summed E-state index contributed by atoms with van der Waals surface area (Å²) in [5.41, 5.74) is 0. The summed E-state index contributed by atoms with van der Waals surface area (Å²) in [6.45, 7) is 1.69. The summed E-state index contributed by atoms with van der Waals surface area (Å²) in [7, 11) is 0. The van der Waals surface area contributed by atoms with E-state index < -0.39 is 0 Å². The molecule has 0 saturated carbocycles. The number of hydrogen-bond acceptors (Lipinski definition) is 3. The molecule has 5 heteroatoms. The summed E-state index contributed by atoms with van der Waals surface area (Å²) in [5.74, 6) is 0.848. The van der Waals surface area contributed by atoms with E-state index >= 15 is 0 Å². The van der Waals surface area contributed by atoms with E-state index in [9.17, 15) is 0 Å². The molecule has 2 rings (SSSR count). The maximum absolute atomic E-state index is 5.39. The molecule has 0 radical (unpaired) electrons. The van der Waals surface area contributed by atoms with Gasteiger partial charge < -0.3 is 0 Å². The van der Waals surface area contributed by atoms with Gasteiger partial charge in [-0.2, -0.15) is 0 Å². The lowest BCUT2D eigenvalue weighted by Crippen LogP contribution is -2.17. The lowest BCUT2D eigenvalue weighted by atomic mass is 10.4. The fraction of sp³-hybridized carbons (Fsp3) is 0.375. The third-order valence-electron chi connectivity index (χ3n) is 1.78. The van der Waals surface area contributed by atoms with E-state index in [0.717, 1.165) is 34.3 Å². The van der Waals surface area contributed by atoms with Gasteiger partial charge in [-0.3, -0.25) is 4.84 Å². The summed E-state index contributed by atoms with van der Waals surface area (Å²) in [6, 6.07) is 1.96. The van der Waals surface area contributed by atoms with Crippen molar-refractivity contribution in [2.75, 3.05) is 18.2 Å². The Morgan fingerprint density at radius 1 is 1.46 bits per heavy atom. The molecule has 0 amide bonds. The van der Waals surface area contributed by atoms with Crippen LogP contribution in [0.1, 0.15) is 6.42 Å². The van der Waals surface area contributed by atoms with E-state index in [-0.39, 0.29) is 0 Å². The van der Waals surface area contributed by atoms with Crippen molar-refractivity contribution in [1.29, 1.82) is 0 Å². The first kappa shape index (κ1) is 9.43. The van der Waals surface area contributed by atoms with Gasteiger partial charge in [-0.1, -0.05) is 0 Å². The highest BCUT2D eigenvalue weighted by Crippen LogP contribution is 2.28. The van der Waals surface area contributed by atoms with Crippen molar-refractivity contribution in [2.24, 2.45) is 0 Å².